The number of benzene rings is 1. The van der Waals surface area contributed by atoms with Crippen LogP contribution >= 0.6 is 0 Å². The van der Waals surface area contributed by atoms with Gasteiger partial charge in [-0.05, 0) is 37.3 Å². The number of ether oxygens (including phenoxy) is 3. The molecule has 0 fully saturated rings. The highest BCUT2D eigenvalue weighted by atomic mass is 16.5. The maximum atomic E-state index is 11.1. The van der Waals surface area contributed by atoms with Crippen LogP contribution in [0.15, 0.2) is 86.0 Å². The Hall–Kier alpha value is -4.20. The first-order valence-corrected chi connectivity index (χ1v) is 13.9. The molecule has 8 heteroatoms. The molecule has 0 saturated heterocycles. The lowest BCUT2D eigenvalue weighted by Gasteiger charge is -2.13. The van der Waals surface area contributed by atoms with Crippen LogP contribution in [-0.2, 0) is 33.4 Å². The normalized spacial score (nSPS) is 10.0. The van der Waals surface area contributed by atoms with Crippen LogP contribution in [0, 0.1) is 5.92 Å². The SMILES string of the molecule is C=C(C)C(=O)OC.C=C(C=CC(=O)O)C(=O)OCCCC.C=CC(=O)OCC(CC)CCCC.C=Cc1ccccc1. The molecular formula is C34H50O8. The van der Waals surface area contributed by atoms with Crippen LogP contribution < -0.4 is 0 Å². The third kappa shape index (κ3) is 28.8. The van der Waals surface area contributed by atoms with Gasteiger partial charge in [0.2, 0.25) is 0 Å². The van der Waals surface area contributed by atoms with Crippen molar-refractivity contribution in [2.24, 2.45) is 5.92 Å². The summed E-state index contributed by atoms with van der Waals surface area (Å²) in [7, 11) is 1.33. The van der Waals surface area contributed by atoms with Crippen molar-refractivity contribution in [3.63, 3.8) is 0 Å². The molecule has 42 heavy (non-hydrogen) atoms. The molecule has 1 unspecified atom stereocenters. The van der Waals surface area contributed by atoms with E-state index in [2.05, 4.69) is 44.9 Å². The highest BCUT2D eigenvalue weighted by Crippen LogP contribution is 2.12. The van der Waals surface area contributed by atoms with Gasteiger partial charge in [-0.3, -0.25) is 0 Å². The summed E-state index contributed by atoms with van der Waals surface area (Å²) in [5.74, 6) is -1.83. The minimum absolute atomic E-state index is 0.0449. The number of methoxy groups -OCH3 is 1. The fourth-order valence-corrected chi connectivity index (χ4v) is 2.56. The summed E-state index contributed by atoms with van der Waals surface area (Å²) in [6.45, 7) is 22.5. The monoisotopic (exact) mass is 586 g/mol. The van der Waals surface area contributed by atoms with Crippen molar-refractivity contribution in [1.82, 2.24) is 0 Å². The number of rotatable bonds is 15. The molecule has 1 atom stereocenters. The molecule has 0 spiro atoms. The summed E-state index contributed by atoms with van der Waals surface area (Å²) in [5, 5.41) is 8.28. The predicted molar refractivity (Wildman–Crippen MR) is 170 cm³/mol. The van der Waals surface area contributed by atoms with Crippen molar-refractivity contribution in [1.29, 1.82) is 0 Å². The number of carbonyl (C=O) groups is 4. The summed E-state index contributed by atoms with van der Waals surface area (Å²) in [6, 6.07) is 10.0. The second kappa shape index (κ2) is 29.8. The Morgan fingerprint density at radius 3 is 1.88 bits per heavy atom. The minimum atomic E-state index is -1.12. The maximum absolute atomic E-state index is 11.1. The van der Waals surface area contributed by atoms with E-state index >= 15 is 0 Å². The van der Waals surface area contributed by atoms with Gasteiger partial charge in [0.15, 0.2) is 0 Å². The number of carboxylic acids is 1. The van der Waals surface area contributed by atoms with Crippen molar-refractivity contribution in [2.45, 2.75) is 66.2 Å². The molecule has 0 aliphatic carbocycles. The van der Waals surface area contributed by atoms with E-state index < -0.39 is 11.9 Å². The highest BCUT2D eigenvalue weighted by molar-refractivity contribution is 5.93. The van der Waals surface area contributed by atoms with Crippen molar-refractivity contribution >= 4 is 30.0 Å². The largest absolute Gasteiger partial charge is 0.478 e. The molecule has 234 valence electrons. The lowest BCUT2D eigenvalue weighted by Crippen LogP contribution is -2.12. The van der Waals surface area contributed by atoms with Gasteiger partial charge in [-0.25, -0.2) is 19.2 Å². The number of hydrogen-bond acceptors (Lipinski definition) is 7. The topological polar surface area (TPSA) is 116 Å². The van der Waals surface area contributed by atoms with Gasteiger partial charge < -0.3 is 19.3 Å². The van der Waals surface area contributed by atoms with Crippen LogP contribution in [0.25, 0.3) is 6.08 Å². The number of unbranched alkanes of at least 4 members (excludes halogenated alkanes) is 2. The fourth-order valence-electron chi connectivity index (χ4n) is 2.56. The zero-order valence-electron chi connectivity index (χ0n) is 26.1. The quantitative estimate of drug-likeness (QED) is 0.0737. The third-order valence-electron chi connectivity index (χ3n) is 5.16. The fraction of sp³-hybridized carbons (Fsp3) is 0.412. The first kappa shape index (κ1) is 42.3. The summed E-state index contributed by atoms with van der Waals surface area (Å²) in [5.41, 5.74) is 1.65. The zero-order valence-corrected chi connectivity index (χ0v) is 26.1. The van der Waals surface area contributed by atoms with E-state index in [0.717, 1.165) is 37.8 Å². The van der Waals surface area contributed by atoms with Gasteiger partial charge in [-0.15, -0.1) is 0 Å². The van der Waals surface area contributed by atoms with Gasteiger partial charge in [-0.2, -0.15) is 0 Å². The lowest BCUT2D eigenvalue weighted by atomic mass is 10.0. The van der Waals surface area contributed by atoms with Gasteiger partial charge in [0, 0.05) is 17.7 Å². The van der Waals surface area contributed by atoms with E-state index in [4.69, 9.17) is 14.6 Å². The Balaban J connectivity index is -0.000000501. The molecule has 1 rings (SSSR count). The highest BCUT2D eigenvalue weighted by Gasteiger charge is 2.07. The molecule has 1 N–H and O–H groups in total. The van der Waals surface area contributed by atoms with E-state index in [-0.39, 0.29) is 17.5 Å². The van der Waals surface area contributed by atoms with Crippen molar-refractivity contribution < 1.29 is 38.5 Å². The van der Waals surface area contributed by atoms with Gasteiger partial charge in [0.25, 0.3) is 0 Å². The Morgan fingerprint density at radius 2 is 1.50 bits per heavy atom. The number of aliphatic carboxylic acids is 1. The van der Waals surface area contributed by atoms with E-state index in [1.165, 1.54) is 31.6 Å². The Bertz CT molecular complexity index is 977. The van der Waals surface area contributed by atoms with E-state index in [9.17, 15) is 19.2 Å². The van der Waals surface area contributed by atoms with Crippen molar-refractivity contribution in [3.8, 4) is 0 Å². The zero-order chi connectivity index (χ0) is 32.8. The van der Waals surface area contributed by atoms with Gasteiger partial charge in [0.05, 0.1) is 25.9 Å². The molecule has 0 saturated carbocycles. The van der Waals surface area contributed by atoms with E-state index in [1.54, 1.807) is 6.92 Å². The molecule has 0 bridgehead atoms. The van der Waals surface area contributed by atoms with Crippen LogP contribution in [0.2, 0.25) is 0 Å². The van der Waals surface area contributed by atoms with Crippen LogP contribution in [0.4, 0.5) is 0 Å². The summed E-state index contributed by atoms with van der Waals surface area (Å²) >= 11 is 0. The lowest BCUT2D eigenvalue weighted by molar-refractivity contribution is -0.139. The molecule has 8 nitrogen and oxygen atoms in total. The maximum Gasteiger partial charge on any atom is 0.337 e. The third-order valence-corrected chi connectivity index (χ3v) is 5.16. The van der Waals surface area contributed by atoms with Gasteiger partial charge in [0.1, 0.15) is 0 Å². The predicted octanol–water partition coefficient (Wildman–Crippen LogP) is 7.52. The van der Waals surface area contributed by atoms with Crippen LogP contribution in [0.1, 0.15) is 71.8 Å². The average Bonchev–Trinajstić information content (AvgIpc) is 3.00. The van der Waals surface area contributed by atoms with Crippen LogP contribution in [-0.4, -0.2) is 49.3 Å². The molecule has 0 aliphatic rings. The Morgan fingerprint density at radius 1 is 0.905 bits per heavy atom. The molecule has 1 aromatic rings. The van der Waals surface area contributed by atoms with Crippen LogP contribution in [0.3, 0.4) is 0 Å². The van der Waals surface area contributed by atoms with E-state index in [1.807, 2.05) is 43.3 Å². The summed E-state index contributed by atoms with van der Waals surface area (Å²) in [6.07, 6.45) is 11.4. The smallest absolute Gasteiger partial charge is 0.337 e. The standard InChI is InChI=1S/C11H20O2.C10H14O4.C8H8.C5H8O2/c1-4-7-8-10(5-2)9-13-11(12)6-3;1-3-4-7-14-10(13)8(2)5-6-9(11)12;1-2-8-6-4-3-5-7-8;1-4(2)5(6)7-3/h6,10H,3-5,7-9H2,1-2H3;5-6H,2-4,7H2,1H3,(H,11,12);2-7H,1H2;1H2,2-3H3. The first-order valence-electron chi connectivity index (χ1n) is 13.9. The van der Waals surface area contributed by atoms with Crippen molar-refractivity contribution in [3.05, 3.63) is 91.6 Å². The number of carbonyl (C=O) groups excluding carboxylic acids is 3. The summed E-state index contributed by atoms with van der Waals surface area (Å²) < 4.78 is 14.1. The second-order valence-electron chi connectivity index (χ2n) is 8.82. The molecule has 0 radical (unpaired) electrons. The number of hydrogen-bond donors (Lipinski definition) is 1. The van der Waals surface area contributed by atoms with Gasteiger partial charge in [-0.1, -0.05) is 109 Å². The molecule has 0 aliphatic heterocycles. The Labute approximate surface area is 252 Å². The molecule has 1 aromatic carbocycles. The van der Waals surface area contributed by atoms with Crippen LogP contribution in [0.5, 0.6) is 0 Å². The minimum Gasteiger partial charge on any atom is -0.478 e. The first-order chi connectivity index (χ1) is 19.9. The molecule has 0 aromatic heterocycles. The number of carboxylic acid groups (broad SMARTS) is 1. The molecular weight excluding hydrogens is 536 g/mol. The Kier molecular flexibility index (Phi) is 30.0. The average molecular weight is 587 g/mol. The van der Waals surface area contributed by atoms with E-state index in [0.29, 0.717) is 24.7 Å². The summed E-state index contributed by atoms with van der Waals surface area (Å²) in [4.78, 5) is 42.1. The second-order valence-corrected chi connectivity index (χ2v) is 8.82. The van der Waals surface area contributed by atoms with Crippen molar-refractivity contribution in [2.75, 3.05) is 20.3 Å². The molecule has 0 amide bonds. The van der Waals surface area contributed by atoms with Gasteiger partial charge >= 0.3 is 23.9 Å². The molecule has 0 heterocycles. The number of esters is 3.